The standard InChI is InChI=1S/C17H19ClN2O4/c1-17(2,3)19-14-10-12(5-7-15(14)20(21)22)24-11-6-8-16(23-4)13(18)9-11/h5-10,19H,1-4H3. The molecular formula is C17H19ClN2O4. The molecule has 0 saturated heterocycles. The highest BCUT2D eigenvalue weighted by Gasteiger charge is 2.19. The number of methoxy groups -OCH3 is 1. The number of anilines is 1. The molecule has 0 fully saturated rings. The van der Waals surface area contributed by atoms with Crippen LogP contribution in [0.25, 0.3) is 0 Å². The van der Waals surface area contributed by atoms with Gasteiger partial charge in [0.05, 0.1) is 17.1 Å². The lowest BCUT2D eigenvalue weighted by molar-refractivity contribution is -0.384. The Labute approximate surface area is 145 Å². The smallest absolute Gasteiger partial charge is 0.292 e. The summed E-state index contributed by atoms with van der Waals surface area (Å²) in [4.78, 5) is 10.8. The molecule has 0 aromatic heterocycles. The highest BCUT2D eigenvalue weighted by molar-refractivity contribution is 6.32. The van der Waals surface area contributed by atoms with Gasteiger partial charge in [0, 0.05) is 23.7 Å². The van der Waals surface area contributed by atoms with E-state index in [1.165, 1.54) is 13.2 Å². The number of rotatable bonds is 5. The maximum absolute atomic E-state index is 11.2. The lowest BCUT2D eigenvalue weighted by Gasteiger charge is -2.22. The van der Waals surface area contributed by atoms with Gasteiger partial charge in [-0.1, -0.05) is 11.6 Å². The monoisotopic (exact) mass is 350 g/mol. The third-order valence-corrected chi connectivity index (χ3v) is 3.33. The molecule has 0 aliphatic heterocycles. The Kier molecular flexibility index (Phi) is 5.19. The summed E-state index contributed by atoms with van der Waals surface area (Å²) in [6.45, 7) is 5.77. The molecule has 24 heavy (non-hydrogen) atoms. The second-order valence-corrected chi connectivity index (χ2v) is 6.62. The minimum absolute atomic E-state index is 0.00922. The first-order valence-electron chi connectivity index (χ1n) is 7.27. The maximum Gasteiger partial charge on any atom is 0.292 e. The van der Waals surface area contributed by atoms with Gasteiger partial charge in [0.2, 0.25) is 0 Å². The van der Waals surface area contributed by atoms with E-state index in [-0.39, 0.29) is 11.2 Å². The van der Waals surface area contributed by atoms with E-state index in [0.29, 0.717) is 28.0 Å². The quantitative estimate of drug-likeness (QED) is 0.588. The van der Waals surface area contributed by atoms with E-state index in [2.05, 4.69) is 5.32 Å². The first-order valence-corrected chi connectivity index (χ1v) is 7.65. The van der Waals surface area contributed by atoms with Crippen LogP contribution < -0.4 is 14.8 Å². The summed E-state index contributed by atoms with van der Waals surface area (Å²) in [5.41, 5.74) is 0.0573. The molecule has 128 valence electrons. The number of hydrogen-bond donors (Lipinski definition) is 1. The highest BCUT2D eigenvalue weighted by atomic mass is 35.5. The molecule has 0 unspecified atom stereocenters. The predicted molar refractivity (Wildman–Crippen MR) is 94.6 cm³/mol. The van der Waals surface area contributed by atoms with Gasteiger partial charge in [-0.3, -0.25) is 10.1 Å². The van der Waals surface area contributed by atoms with E-state index in [1.54, 1.807) is 30.3 Å². The molecule has 0 atom stereocenters. The van der Waals surface area contributed by atoms with Crippen molar-refractivity contribution in [3.8, 4) is 17.2 Å². The summed E-state index contributed by atoms with van der Waals surface area (Å²) < 4.78 is 10.8. The van der Waals surface area contributed by atoms with Crippen LogP contribution in [0.4, 0.5) is 11.4 Å². The Bertz CT molecular complexity index is 757. The van der Waals surface area contributed by atoms with Gasteiger partial charge in [-0.2, -0.15) is 0 Å². The first kappa shape index (κ1) is 17.9. The summed E-state index contributed by atoms with van der Waals surface area (Å²) in [7, 11) is 1.53. The van der Waals surface area contributed by atoms with E-state index >= 15 is 0 Å². The lowest BCUT2D eigenvalue weighted by atomic mass is 10.1. The molecule has 1 N–H and O–H groups in total. The largest absolute Gasteiger partial charge is 0.495 e. The van der Waals surface area contributed by atoms with Crippen LogP contribution in [0.3, 0.4) is 0 Å². The summed E-state index contributed by atoms with van der Waals surface area (Å²) in [5, 5.41) is 14.7. The molecule has 0 spiro atoms. The minimum atomic E-state index is -0.428. The maximum atomic E-state index is 11.2. The fourth-order valence-electron chi connectivity index (χ4n) is 2.09. The molecule has 0 bridgehead atoms. The second-order valence-electron chi connectivity index (χ2n) is 6.21. The van der Waals surface area contributed by atoms with Gasteiger partial charge in [0.1, 0.15) is 22.9 Å². The molecule has 0 radical (unpaired) electrons. The number of nitro benzene ring substituents is 1. The minimum Gasteiger partial charge on any atom is -0.495 e. The topological polar surface area (TPSA) is 73.6 Å². The van der Waals surface area contributed by atoms with Crippen molar-refractivity contribution < 1.29 is 14.4 Å². The summed E-state index contributed by atoms with van der Waals surface area (Å²) in [6, 6.07) is 9.58. The predicted octanol–water partition coefficient (Wildman–Crippen LogP) is 5.26. The number of ether oxygens (including phenoxy) is 2. The molecule has 6 nitrogen and oxygen atoms in total. The number of halogens is 1. The number of nitrogens with one attached hydrogen (secondary N) is 1. The zero-order valence-corrected chi connectivity index (χ0v) is 14.7. The zero-order chi connectivity index (χ0) is 17.9. The molecule has 0 aliphatic rings. The van der Waals surface area contributed by atoms with E-state index in [4.69, 9.17) is 21.1 Å². The van der Waals surface area contributed by atoms with Crippen LogP contribution in [-0.4, -0.2) is 17.6 Å². The van der Waals surface area contributed by atoms with E-state index in [0.717, 1.165) is 0 Å². The Morgan fingerprint density at radius 1 is 1.12 bits per heavy atom. The van der Waals surface area contributed by atoms with Crippen LogP contribution in [-0.2, 0) is 0 Å². The molecule has 0 heterocycles. The van der Waals surface area contributed by atoms with Crippen molar-refractivity contribution in [1.82, 2.24) is 0 Å². The molecule has 0 saturated carbocycles. The molecule has 0 amide bonds. The molecular weight excluding hydrogens is 332 g/mol. The van der Waals surface area contributed by atoms with Crippen LogP contribution >= 0.6 is 11.6 Å². The zero-order valence-electron chi connectivity index (χ0n) is 13.9. The molecule has 2 rings (SSSR count). The van der Waals surface area contributed by atoms with Crippen molar-refractivity contribution in [2.45, 2.75) is 26.3 Å². The fourth-order valence-corrected chi connectivity index (χ4v) is 2.34. The average molecular weight is 351 g/mol. The number of nitrogens with zero attached hydrogens (tertiary/aromatic N) is 1. The SMILES string of the molecule is COc1ccc(Oc2ccc([N+](=O)[O-])c(NC(C)(C)C)c2)cc1Cl. The van der Waals surface area contributed by atoms with Gasteiger partial charge < -0.3 is 14.8 Å². The van der Waals surface area contributed by atoms with Crippen molar-refractivity contribution in [3.63, 3.8) is 0 Å². The number of benzene rings is 2. The van der Waals surface area contributed by atoms with Gasteiger partial charge in [-0.15, -0.1) is 0 Å². The first-order chi connectivity index (χ1) is 11.2. The highest BCUT2D eigenvalue weighted by Crippen LogP contribution is 2.35. The third-order valence-electron chi connectivity index (χ3n) is 3.03. The molecule has 2 aromatic rings. The average Bonchev–Trinajstić information content (AvgIpc) is 2.45. The van der Waals surface area contributed by atoms with Crippen molar-refractivity contribution in [3.05, 3.63) is 51.5 Å². The van der Waals surface area contributed by atoms with Gasteiger partial charge >= 0.3 is 0 Å². The Balaban J connectivity index is 2.32. The van der Waals surface area contributed by atoms with Crippen LogP contribution in [0, 0.1) is 10.1 Å². The Hall–Kier alpha value is -2.47. The van der Waals surface area contributed by atoms with E-state index < -0.39 is 4.92 Å². The summed E-state index contributed by atoms with van der Waals surface area (Å²) >= 11 is 6.07. The van der Waals surface area contributed by atoms with Gasteiger partial charge in [-0.05, 0) is 39.0 Å². The number of nitro groups is 1. The van der Waals surface area contributed by atoms with Crippen molar-refractivity contribution >= 4 is 23.0 Å². The van der Waals surface area contributed by atoms with Gasteiger partial charge in [-0.25, -0.2) is 0 Å². The van der Waals surface area contributed by atoms with Crippen molar-refractivity contribution in [2.24, 2.45) is 0 Å². The normalized spacial score (nSPS) is 11.0. The third kappa shape index (κ3) is 4.52. The van der Waals surface area contributed by atoms with Crippen LogP contribution in [0.2, 0.25) is 5.02 Å². The summed E-state index contributed by atoms with van der Waals surface area (Å²) in [6.07, 6.45) is 0. The van der Waals surface area contributed by atoms with Crippen LogP contribution in [0.1, 0.15) is 20.8 Å². The Morgan fingerprint density at radius 2 is 1.75 bits per heavy atom. The van der Waals surface area contributed by atoms with Crippen molar-refractivity contribution in [2.75, 3.05) is 12.4 Å². The molecule has 0 aliphatic carbocycles. The molecule has 7 heteroatoms. The lowest BCUT2D eigenvalue weighted by Crippen LogP contribution is -2.26. The fraction of sp³-hybridized carbons (Fsp3) is 0.294. The Morgan fingerprint density at radius 3 is 2.29 bits per heavy atom. The van der Waals surface area contributed by atoms with Gasteiger partial charge in [0.25, 0.3) is 5.69 Å². The van der Waals surface area contributed by atoms with E-state index in [9.17, 15) is 10.1 Å². The van der Waals surface area contributed by atoms with Crippen LogP contribution in [0.15, 0.2) is 36.4 Å². The van der Waals surface area contributed by atoms with E-state index in [1.807, 2.05) is 20.8 Å². The second kappa shape index (κ2) is 6.97. The van der Waals surface area contributed by atoms with Crippen LogP contribution in [0.5, 0.6) is 17.2 Å². The molecule has 2 aromatic carbocycles. The number of hydrogen-bond acceptors (Lipinski definition) is 5. The van der Waals surface area contributed by atoms with Gasteiger partial charge in [0.15, 0.2) is 0 Å². The summed E-state index contributed by atoms with van der Waals surface area (Å²) in [5.74, 6) is 1.52. The van der Waals surface area contributed by atoms with Crippen molar-refractivity contribution in [1.29, 1.82) is 0 Å².